The topological polar surface area (TPSA) is 104 Å². The maximum Gasteiger partial charge on any atom is 0.189 e. The predicted octanol–water partition coefficient (Wildman–Crippen LogP) is 3.51. The summed E-state index contributed by atoms with van der Waals surface area (Å²) in [6.07, 6.45) is 12.4. The number of rotatable bonds is 10. The summed E-state index contributed by atoms with van der Waals surface area (Å²) in [6.45, 7) is 14.3. The number of hydrogen-bond donors (Lipinski definition) is 4. The molecular weight excluding hydrogens is 390 g/mol. The highest BCUT2D eigenvalue weighted by Gasteiger charge is 2.50. The van der Waals surface area contributed by atoms with E-state index in [1.54, 1.807) is 0 Å². The zero-order valence-electron chi connectivity index (χ0n) is 20.4. The number of carbonyl (C=O) groups excluding carboxylic acids is 1. The smallest absolute Gasteiger partial charge is 0.189 e. The summed E-state index contributed by atoms with van der Waals surface area (Å²) in [7, 11) is 0. The SMILES string of the molecule is C#CC(C)(C)CC(C)(C)C/C=C\CC(C)(N)CC(C)(C)C[C@]1(O)C(=O)C=C[C@H](O)[C@H]1O. The molecule has 1 unspecified atom stereocenters. The van der Waals surface area contributed by atoms with E-state index in [4.69, 9.17) is 12.2 Å². The van der Waals surface area contributed by atoms with Gasteiger partial charge in [0, 0.05) is 11.0 Å². The molecule has 1 rings (SSSR count). The van der Waals surface area contributed by atoms with Crippen LogP contribution in [-0.4, -0.2) is 44.5 Å². The molecule has 31 heavy (non-hydrogen) atoms. The summed E-state index contributed by atoms with van der Waals surface area (Å²) in [5, 5.41) is 31.0. The molecule has 0 heterocycles. The third-order valence-corrected chi connectivity index (χ3v) is 6.05. The van der Waals surface area contributed by atoms with Crippen LogP contribution in [0.2, 0.25) is 0 Å². The fourth-order valence-electron chi connectivity index (χ4n) is 5.09. The zero-order valence-corrected chi connectivity index (χ0v) is 20.4. The maximum absolute atomic E-state index is 12.3. The van der Waals surface area contributed by atoms with Gasteiger partial charge in [-0.2, -0.15) is 0 Å². The second-order valence-electron chi connectivity index (χ2n) is 12.0. The number of hydrogen-bond acceptors (Lipinski definition) is 5. The van der Waals surface area contributed by atoms with Crippen molar-refractivity contribution in [3.05, 3.63) is 24.3 Å². The van der Waals surface area contributed by atoms with Crippen molar-refractivity contribution in [1.82, 2.24) is 0 Å². The lowest BCUT2D eigenvalue weighted by atomic mass is 9.68. The molecule has 0 aliphatic heterocycles. The van der Waals surface area contributed by atoms with Crippen LogP contribution in [0.25, 0.3) is 0 Å². The Bertz CT molecular complexity index is 739. The van der Waals surface area contributed by atoms with Crippen molar-refractivity contribution in [2.75, 3.05) is 0 Å². The van der Waals surface area contributed by atoms with Crippen LogP contribution in [0.1, 0.15) is 80.6 Å². The summed E-state index contributed by atoms with van der Waals surface area (Å²) < 4.78 is 0. The van der Waals surface area contributed by atoms with Crippen molar-refractivity contribution in [2.24, 2.45) is 22.0 Å². The summed E-state index contributed by atoms with van der Waals surface area (Å²) in [6, 6.07) is 0. The predicted molar refractivity (Wildman–Crippen MR) is 126 cm³/mol. The Morgan fingerprint density at radius 3 is 2.16 bits per heavy atom. The Morgan fingerprint density at radius 1 is 1.06 bits per heavy atom. The van der Waals surface area contributed by atoms with E-state index in [2.05, 4.69) is 45.8 Å². The van der Waals surface area contributed by atoms with Gasteiger partial charge in [0.25, 0.3) is 0 Å². The van der Waals surface area contributed by atoms with Gasteiger partial charge in [0.1, 0.15) is 12.2 Å². The number of aliphatic hydroxyl groups excluding tert-OH is 2. The Labute approximate surface area is 188 Å². The highest BCUT2D eigenvalue weighted by Crippen LogP contribution is 2.40. The number of allylic oxidation sites excluding steroid dienone is 1. The first-order valence-corrected chi connectivity index (χ1v) is 11.1. The lowest BCUT2D eigenvalue weighted by Crippen LogP contribution is -2.58. The fourth-order valence-corrected chi connectivity index (χ4v) is 5.09. The van der Waals surface area contributed by atoms with Gasteiger partial charge in [-0.25, -0.2) is 0 Å². The van der Waals surface area contributed by atoms with Gasteiger partial charge in [0.2, 0.25) is 0 Å². The minimum Gasteiger partial charge on any atom is -0.387 e. The van der Waals surface area contributed by atoms with E-state index in [0.29, 0.717) is 12.8 Å². The molecule has 5 nitrogen and oxygen atoms in total. The molecule has 0 saturated carbocycles. The van der Waals surface area contributed by atoms with Gasteiger partial charge in [-0.3, -0.25) is 4.79 Å². The monoisotopic (exact) mass is 433 g/mol. The molecule has 0 aromatic carbocycles. The minimum absolute atomic E-state index is 0.00606. The van der Waals surface area contributed by atoms with Crippen LogP contribution in [0.4, 0.5) is 0 Å². The number of aliphatic hydroxyl groups is 3. The molecule has 0 aromatic heterocycles. The molecule has 0 spiro atoms. The van der Waals surface area contributed by atoms with Crippen molar-refractivity contribution in [1.29, 1.82) is 0 Å². The Hall–Kier alpha value is -1.45. The summed E-state index contributed by atoms with van der Waals surface area (Å²) >= 11 is 0. The molecule has 5 N–H and O–H groups in total. The third-order valence-electron chi connectivity index (χ3n) is 6.05. The maximum atomic E-state index is 12.3. The zero-order chi connectivity index (χ0) is 24.3. The van der Waals surface area contributed by atoms with Crippen LogP contribution in [0.5, 0.6) is 0 Å². The van der Waals surface area contributed by atoms with Crippen LogP contribution >= 0.6 is 0 Å². The number of nitrogens with two attached hydrogens (primary N) is 1. The second kappa shape index (κ2) is 9.58. The van der Waals surface area contributed by atoms with Gasteiger partial charge in [-0.15, -0.1) is 12.3 Å². The molecule has 176 valence electrons. The molecule has 0 radical (unpaired) electrons. The molecule has 0 amide bonds. The lowest BCUT2D eigenvalue weighted by molar-refractivity contribution is -0.164. The quantitative estimate of drug-likeness (QED) is 0.312. The van der Waals surface area contributed by atoms with Gasteiger partial charge < -0.3 is 21.1 Å². The van der Waals surface area contributed by atoms with Gasteiger partial charge in [0.05, 0.1) is 0 Å². The van der Waals surface area contributed by atoms with Crippen molar-refractivity contribution in [3.8, 4) is 12.3 Å². The van der Waals surface area contributed by atoms with Gasteiger partial charge >= 0.3 is 0 Å². The Kier molecular flexibility index (Phi) is 8.53. The van der Waals surface area contributed by atoms with Gasteiger partial charge in [0.15, 0.2) is 11.4 Å². The average molecular weight is 434 g/mol. The molecule has 1 aliphatic carbocycles. The molecule has 0 bridgehead atoms. The first kappa shape index (κ1) is 27.6. The lowest BCUT2D eigenvalue weighted by Gasteiger charge is -2.43. The van der Waals surface area contributed by atoms with E-state index in [0.717, 1.165) is 18.9 Å². The summed E-state index contributed by atoms with van der Waals surface area (Å²) in [5.41, 5.74) is 3.37. The Balaban J connectivity index is 2.74. The minimum atomic E-state index is -2.02. The molecular formula is C26H43NO4. The first-order chi connectivity index (χ1) is 13.8. The van der Waals surface area contributed by atoms with E-state index in [1.807, 2.05) is 20.8 Å². The molecule has 5 heteroatoms. The standard InChI is InChI=1S/C26H43NO4/c1-9-22(2,3)16-23(4,5)14-10-11-15-25(8,27)17-24(6,7)18-26(31)20(29)13-12-19(28)21(26)30/h1,10-13,19,21,28,30-31H,14-18,27H2,2-8H3/b11-10-/t19-,21+,25?,26-/m0/s1. The van der Waals surface area contributed by atoms with Crippen molar-refractivity contribution >= 4 is 5.78 Å². The van der Waals surface area contributed by atoms with Crippen LogP contribution in [-0.2, 0) is 4.79 Å². The van der Waals surface area contributed by atoms with Crippen LogP contribution < -0.4 is 5.73 Å². The van der Waals surface area contributed by atoms with Crippen LogP contribution in [0.3, 0.4) is 0 Å². The average Bonchev–Trinajstić information content (AvgIpc) is 2.58. The Morgan fingerprint density at radius 2 is 1.61 bits per heavy atom. The number of carbonyl (C=O) groups is 1. The van der Waals surface area contributed by atoms with Gasteiger partial charge in [-0.1, -0.05) is 39.8 Å². The van der Waals surface area contributed by atoms with Crippen molar-refractivity contribution < 1.29 is 20.1 Å². The number of ketones is 1. The highest BCUT2D eigenvalue weighted by molar-refractivity contribution is 5.98. The largest absolute Gasteiger partial charge is 0.387 e. The first-order valence-electron chi connectivity index (χ1n) is 11.1. The highest BCUT2D eigenvalue weighted by atomic mass is 16.4. The van der Waals surface area contributed by atoms with Gasteiger partial charge in [-0.05, 0) is 75.9 Å². The van der Waals surface area contributed by atoms with Crippen LogP contribution in [0, 0.1) is 28.6 Å². The molecule has 0 saturated heterocycles. The third kappa shape index (κ3) is 8.20. The van der Waals surface area contributed by atoms with Crippen molar-refractivity contribution in [2.45, 2.75) is 104 Å². The van der Waals surface area contributed by atoms with E-state index >= 15 is 0 Å². The summed E-state index contributed by atoms with van der Waals surface area (Å²) in [4.78, 5) is 12.3. The van der Waals surface area contributed by atoms with E-state index in [9.17, 15) is 20.1 Å². The van der Waals surface area contributed by atoms with E-state index < -0.39 is 34.5 Å². The molecule has 0 aromatic rings. The summed E-state index contributed by atoms with van der Waals surface area (Å²) in [5.74, 6) is 2.27. The normalized spacial score (nSPS) is 27.4. The van der Waals surface area contributed by atoms with Crippen LogP contribution in [0.15, 0.2) is 24.3 Å². The molecule has 4 atom stereocenters. The molecule has 0 fully saturated rings. The van der Waals surface area contributed by atoms with E-state index in [-0.39, 0.29) is 17.3 Å². The second-order valence-corrected chi connectivity index (χ2v) is 12.0. The molecule has 1 aliphatic rings. The van der Waals surface area contributed by atoms with E-state index in [1.165, 1.54) is 6.08 Å². The van der Waals surface area contributed by atoms with Crippen molar-refractivity contribution in [3.63, 3.8) is 0 Å². The number of terminal acetylenes is 1. The fraction of sp³-hybridized carbons (Fsp3) is 0.731.